The van der Waals surface area contributed by atoms with E-state index in [4.69, 9.17) is 15.2 Å². The second-order valence-corrected chi connectivity index (χ2v) is 4.47. The zero-order valence-electron chi connectivity index (χ0n) is 9.80. The lowest BCUT2D eigenvalue weighted by Gasteiger charge is -2.45. The highest BCUT2D eigenvalue weighted by molar-refractivity contribution is 5.43. The van der Waals surface area contributed by atoms with Crippen LogP contribution in [0.15, 0.2) is 18.2 Å². The van der Waals surface area contributed by atoms with Crippen molar-refractivity contribution in [1.82, 2.24) is 0 Å². The van der Waals surface area contributed by atoms with E-state index < -0.39 is 11.5 Å². The fourth-order valence-corrected chi connectivity index (χ4v) is 2.17. The molecule has 0 aliphatic heterocycles. The van der Waals surface area contributed by atoms with Crippen LogP contribution in [-0.2, 0) is 5.54 Å². The predicted octanol–water partition coefficient (Wildman–Crippen LogP) is 2.29. The third-order valence-corrected chi connectivity index (χ3v) is 3.07. The molecule has 0 unspecified atom stereocenters. The van der Waals surface area contributed by atoms with Gasteiger partial charge in [-0.05, 0) is 17.7 Å². The maximum absolute atomic E-state index is 12.9. The van der Waals surface area contributed by atoms with Gasteiger partial charge in [0.2, 0.25) is 0 Å². The molecule has 0 bridgehead atoms. The van der Waals surface area contributed by atoms with Gasteiger partial charge in [0.15, 0.2) is 0 Å². The van der Waals surface area contributed by atoms with Gasteiger partial charge in [0, 0.05) is 18.9 Å². The second kappa shape index (κ2) is 3.84. The van der Waals surface area contributed by atoms with Crippen LogP contribution in [-0.4, -0.2) is 20.1 Å². The van der Waals surface area contributed by atoms with E-state index in [0.717, 1.165) is 0 Å². The summed E-state index contributed by atoms with van der Waals surface area (Å²) in [4.78, 5) is 0. The third kappa shape index (κ3) is 2.20. The van der Waals surface area contributed by atoms with E-state index in [1.54, 1.807) is 18.2 Å². The molecule has 0 saturated heterocycles. The standard InChI is InChI=1S/C12H15F2NO2/c1-16-9-3-8(4-10(5-9)17-2)11(15)6-12(13,14)7-11/h3-5H,6-7,15H2,1-2H3. The van der Waals surface area contributed by atoms with Crippen molar-refractivity contribution in [2.24, 2.45) is 5.73 Å². The lowest BCUT2D eigenvalue weighted by Crippen LogP contribution is -2.55. The van der Waals surface area contributed by atoms with Crippen LogP contribution in [0.2, 0.25) is 0 Å². The fraction of sp³-hybridized carbons (Fsp3) is 0.500. The first kappa shape index (κ1) is 12.1. The number of methoxy groups -OCH3 is 2. The molecule has 3 nitrogen and oxygen atoms in total. The van der Waals surface area contributed by atoms with Gasteiger partial charge in [-0.3, -0.25) is 0 Å². The number of ether oxygens (including phenoxy) is 2. The van der Waals surface area contributed by atoms with E-state index in [1.165, 1.54) is 14.2 Å². The van der Waals surface area contributed by atoms with Gasteiger partial charge >= 0.3 is 0 Å². The Morgan fingerprint density at radius 1 is 1.06 bits per heavy atom. The molecule has 0 radical (unpaired) electrons. The number of benzene rings is 1. The highest BCUT2D eigenvalue weighted by Crippen LogP contribution is 2.50. The normalized spacial score (nSPS) is 20.5. The minimum atomic E-state index is -2.66. The lowest BCUT2D eigenvalue weighted by molar-refractivity contribution is -0.125. The van der Waals surface area contributed by atoms with Crippen LogP contribution in [0.1, 0.15) is 18.4 Å². The highest BCUT2D eigenvalue weighted by atomic mass is 19.3. The topological polar surface area (TPSA) is 44.5 Å². The quantitative estimate of drug-likeness (QED) is 0.885. The Hall–Kier alpha value is -1.36. The van der Waals surface area contributed by atoms with Crippen LogP contribution in [0.4, 0.5) is 8.78 Å². The van der Waals surface area contributed by atoms with Crippen molar-refractivity contribution >= 4 is 0 Å². The molecule has 0 amide bonds. The summed E-state index contributed by atoms with van der Waals surface area (Å²) in [6, 6.07) is 5.04. The first-order chi connectivity index (χ1) is 7.88. The minimum Gasteiger partial charge on any atom is -0.497 e. The molecule has 2 rings (SSSR count). The first-order valence-corrected chi connectivity index (χ1v) is 5.29. The van der Waals surface area contributed by atoms with Crippen molar-refractivity contribution in [3.8, 4) is 11.5 Å². The molecule has 1 fully saturated rings. The van der Waals surface area contributed by atoms with Crippen molar-refractivity contribution in [1.29, 1.82) is 0 Å². The van der Waals surface area contributed by atoms with Crippen molar-refractivity contribution in [2.75, 3.05) is 14.2 Å². The first-order valence-electron chi connectivity index (χ1n) is 5.29. The summed E-state index contributed by atoms with van der Waals surface area (Å²) in [6.07, 6.45) is -0.674. The number of rotatable bonds is 3. The third-order valence-electron chi connectivity index (χ3n) is 3.07. The van der Waals surface area contributed by atoms with E-state index >= 15 is 0 Å². The van der Waals surface area contributed by atoms with E-state index in [1.807, 2.05) is 0 Å². The maximum atomic E-state index is 12.9. The number of nitrogens with two attached hydrogens (primary N) is 1. The van der Waals surface area contributed by atoms with Crippen LogP contribution in [0, 0.1) is 0 Å². The number of halogens is 2. The smallest absolute Gasteiger partial charge is 0.252 e. The van der Waals surface area contributed by atoms with Gasteiger partial charge in [-0.2, -0.15) is 0 Å². The molecule has 0 aromatic heterocycles. The molecule has 1 aromatic carbocycles. The Morgan fingerprint density at radius 2 is 1.53 bits per heavy atom. The van der Waals surface area contributed by atoms with Crippen LogP contribution in [0.3, 0.4) is 0 Å². The lowest BCUT2D eigenvalue weighted by atomic mass is 9.70. The largest absolute Gasteiger partial charge is 0.497 e. The van der Waals surface area contributed by atoms with Gasteiger partial charge < -0.3 is 15.2 Å². The summed E-state index contributed by atoms with van der Waals surface area (Å²) in [7, 11) is 3.02. The van der Waals surface area contributed by atoms with Gasteiger partial charge in [-0.15, -0.1) is 0 Å². The van der Waals surface area contributed by atoms with E-state index in [0.29, 0.717) is 17.1 Å². The SMILES string of the molecule is COc1cc(OC)cc(C2(N)CC(F)(F)C2)c1. The Kier molecular flexibility index (Phi) is 2.73. The van der Waals surface area contributed by atoms with E-state index in [-0.39, 0.29) is 12.8 Å². The molecule has 5 heteroatoms. The van der Waals surface area contributed by atoms with Crippen LogP contribution in [0.25, 0.3) is 0 Å². The zero-order chi connectivity index (χ0) is 12.7. The molecule has 1 saturated carbocycles. The van der Waals surface area contributed by atoms with E-state index in [9.17, 15) is 8.78 Å². The Bertz CT molecular complexity index is 404. The van der Waals surface area contributed by atoms with Crippen molar-refractivity contribution < 1.29 is 18.3 Å². The molecule has 17 heavy (non-hydrogen) atoms. The van der Waals surface area contributed by atoms with Crippen molar-refractivity contribution in [2.45, 2.75) is 24.3 Å². The Labute approximate surface area is 98.5 Å². The monoisotopic (exact) mass is 243 g/mol. The summed E-state index contributed by atoms with van der Waals surface area (Å²) in [5.41, 5.74) is 5.60. The summed E-state index contributed by atoms with van der Waals surface area (Å²) in [6.45, 7) is 0. The maximum Gasteiger partial charge on any atom is 0.252 e. The zero-order valence-corrected chi connectivity index (χ0v) is 9.80. The molecule has 1 aliphatic carbocycles. The average Bonchev–Trinajstić information content (AvgIpc) is 2.25. The van der Waals surface area contributed by atoms with Gasteiger partial charge in [-0.25, -0.2) is 8.78 Å². The highest BCUT2D eigenvalue weighted by Gasteiger charge is 2.55. The molecule has 0 atom stereocenters. The van der Waals surface area contributed by atoms with Gasteiger partial charge in [0.1, 0.15) is 11.5 Å². The summed E-state index contributed by atoms with van der Waals surface area (Å²) < 4.78 is 36.1. The average molecular weight is 243 g/mol. The molecular weight excluding hydrogens is 228 g/mol. The van der Waals surface area contributed by atoms with Crippen molar-refractivity contribution in [3.05, 3.63) is 23.8 Å². The van der Waals surface area contributed by atoms with Gasteiger partial charge in [0.25, 0.3) is 5.92 Å². The second-order valence-electron chi connectivity index (χ2n) is 4.47. The summed E-state index contributed by atoms with van der Waals surface area (Å²) in [5, 5.41) is 0. The molecular formula is C12H15F2NO2. The molecule has 0 heterocycles. The molecule has 0 spiro atoms. The molecule has 2 N–H and O–H groups in total. The Balaban J connectivity index is 2.33. The Morgan fingerprint density at radius 3 is 1.88 bits per heavy atom. The van der Waals surface area contributed by atoms with E-state index in [2.05, 4.69) is 0 Å². The molecule has 1 aromatic rings. The molecule has 1 aliphatic rings. The summed E-state index contributed by atoms with van der Waals surface area (Å²) >= 11 is 0. The van der Waals surface area contributed by atoms with Gasteiger partial charge in [0.05, 0.1) is 19.8 Å². The molecule has 94 valence electrons. The fourth-order valence-electron chi connectivity index (χ4n) is 2.17. The number of alkyl halides is 2. The number of hydrogen-bond donors (Lipinski definition) is 1. The van der Waals surface area contributed by atoms with Crippen LogP contribution in [0.5, 0.6) is 11.5 Å². The minimum absolute atomic E-state index is 0.337. The number of hydrogen-bond acceptors (Lipinski definition) is 3. The predicted molar refractivity (Wildman–Crippen MR) is 59.6 cm³/mol. The van der Waals surface area contributed by atoms with Crippen LogP contribution >= 0.6 is 0 Å². The van der Waals surface area contributed by atoms with Crippen molar-refractivity contribution in [3.63, 3.8) is 0 Å². The van der Waals surface area contributed by atoms with Gasteiger partial charge in [-0.1, -0.05) is 0 Å². The van der Waals surface area contributed by atoms with Crippen LogP contribution < -0.4 is 15.2 Å². The summed E-state index contributed by atoms with van der Waals surface area (Å²) in [5.74, 6) is -1.55.